The first-order valence-corrected chi connectivity index (χ1v) is 6.33. The molecule has 0 heterocycles. The van der Waals surface area contributed by atoms with Gasteiger partial charge in [-0.1, -0.05) is 25.4 Å². The fourth-order valence-electron chi connectivity index (χ4n) is 2.05. The zero-order valence-corrected chi connectivity index (χ0v) is 11.4. The van der Waals surface area contributed by atoms with E-state index >= 15 is 0 Å². The number of hydrogen-bond donors (Lipinski definition) is 3. The molecule has 17 heavy (non-hydrogen) atoms. The topological polar surface area (TPSA) is 75.9 Å². The molecule has 1 aliphatic carbocycles. The maximum Gasteiger partial charge on any atom is 0.125 e. The maximum absolute atomic E-state index is 7.50. The molecule has 1 aromatic carbocycles. The van der Waals surface area contributed by atoms with Crippen LogP contribution < -0.4 is 11.5 Å². The van der Waals surface area contributed by atoms with Gasteiger partial charge in [0.2, 0.25) is 0 Å². The van der Waals surface area contributed by atoms with Gasteiger partial charge in [-0.2, -0.15) is 0 Å². The molecule has 1 fully saturated rings. The van der Waals surface area contributed by atoms with Gasteiger partial charge < -0.3 is 11.5 Å². The highest BCUT2D eigenvalue weighted by molar-refractivity contribution is 6.32. The molecule has 1 saturated carbocycles. The second-order valence-corrected chi connectivity index (χ2v) is 4.46. The molecule has 94 valence electrons. The number of nitrogens with one attached hydrogen (secondary N) is 1. The second-order valence-electron chi connectivity index (χ2n) is 4.05. The third-order valence-corrected chi connectivity index (χ3v) is 3.17. The molecule has 1 aromatic rings. The lowest BCUT2D eigenvalue weighted by Crippen LogP contribution is -2.16. The smallest absolute Gasteiger partial charge is 0.125 e. The number of nitrogen functional groups attached to an aromatic ring is 2. The van der Waals surface area contributed by atoms with E-state index in [2.05, 4.69) is 0 Å². The van der Waals surface area contributed by atoms with Crippen LogP contribution in [0.2, 0.25) is 5.02 Å². The average molecular weight is 254 g/mol. The number of nitrogens with two attached hydrogens (primary N) is 2. The van der Waals surface area contributed by atoms with Crippen molar-refractivity contribution >= 4 is 23.1 Å². The zero-order valence-electron chi connectivity index (χ0n) is 10.6. The molecule has 0 aliphatic heterocycles. The first-order valence-electron chi connectivity index (χ1n) is 5.95. The second kappa shape index (κ2) is 5.41. The van der Waals surface area contributed by atoms with Gasteiger partial charge in [0.15, 0.2) is 0 Å². The predicted octanol–water partition coefficient (Wildman–Crippen LogP) is 3.42. The van der Waals surface area contributed by atoms with Crippen LogP contribution >= 0.6 is 11.6 Å². The van der Waals surface area contributed by atoms with E-state index in [0.717, 1.165) is 11.1 Å². The van der Waals surface area contributed by atoms with Crippen molar-refractivity contribution in [2.45, 2.75) is 39.5 Å². The summed E-state index contributed by atoms with van der Waals surface area (Å²) in [5.74, 6) is 0.555. The molecule has 0 atom stereocenters. The summed E-state index contributed by atoms with van der Waals surface area (Å²) in [7, 11) is 0. The summed E-state index contributed by atoms with van der Waals surface area (Å²) in [6.45, 7) is 5.94. The highest BCUT2D eigenvalue weighted by Crippen LogP contribution is 2.46. The summed E-state index contributed by atoms with van der Waals surface area (Å²) < 4.78 is 0. The van der Waals surface area contributed by atoms with Gasteiger partial charge in [0.1, 0.15) is 5.84 Å². The Labute approximate surface area is 108 Å². The van der Waals surface area contributed by atoms with Gasteiger partial charge in [0, 0.05) is 16.3 Å². The van der Waals surface area contributed by atoms with Crippen molar-refractivity contribution in [2.75, 3.05) is 5.73 Å². The van der Waals surface area contributed by atoms with Gasteiger partial charge in [-0.05, 0) is 42.9 Å². The van der Waals surface area contributed by atoms with Crippen molar-refractivity contribution in [2.24, 2.45) is 5.73 Å². The van der Waals surface area contributed by atoms with Gasteiger partial charge in [0.05, 0.1) is 0 Å². The van der Waals surface area contributed by atoms with Crippen LogP contribution in [0, 0.1) is 12.3 Å². The van der Waals surface area contributed by atoms with Crippen LogP contribution in [0.3, 0.4) is 0 Å². The van der Waals surface area contributed by atoms with Crippen LogP contribution in [0.15, 0.2) is 6.07 Å². The molecule has 0 bridgehead atoms. The lowest BCUT2D eigenvalue weighted by Gasteiger charge is -2.14. The number of rotatable bonds is 2. The summed E-state index contributed by atoms with van der Waals surface area (Å²) >= 11 is 6.16. The molecule has 0 aromatic heterocycles. The molecule has 0 unspecified atom stereocenters. The van der Waals surface area contributed by atoms with E-state index in [1.807, 2.05) is 20.8 Å². The Bertz CT molecular complexity index is 437. The van der Waals surface area contributed by atoms with Crippen molar-refractivity contribution in [3.63, 3.8) is 0 Å². The Morgan fingerprint density at radius 3 is 2.35 bits per heavy atom. The molecule has 3 nitrogen and oxygen atoms in total. The highest BCUT2D eigenvalue weighted by atomic mass is 35.5. The Kier molecular flexibility index (Phi) is 4.40. The largest absolute Gasteiger partial charge is 0.398 e. The summed E-state index contributed by atoms with van der Waals surface area (Å²) in [6.07, 6.45) is 2.34. The van der Waals surface area contributed by atoms with Gasteiger partial charge in [-0.25, -0.2) is 0 Å². The monoisotopic (exact) mass is 253 g/mol. The molecule has 0 saturated heterocycles. The average Bonchev–Trinajstić information content (AvgIpc) is 3.03. The third kappa shape index (κ3) is 2.72. The third-order valence-electron chi connectivity index (χ3n) is 2.86. The minimum absolute atomic E-state index is 0.0172. The van der Waals surface area contributed by atoms with Crippen LogP contribution in [0.1, 0.15) is 49.3 Å². The number of anilines is 1. The number of hydrogen-bond acceptors (Lipinski definition) is 2. The van der Waals surface area contributed by atoms with Crippen LogP contribution in [0.4, 0.5) is 5.69 Å². The Hall–Kier alpha value is -1.22. The highest BCUT2D eigenvalue weighted by Gasteiger charge is 2.29. The minimum Gasteiger partial charge on any atom is -0.398 e. The predicted molar refractivity (Wildman–Crippen MR) is 74.9 cm³/mol. The van der Waals surface area contributed by atoms with Crippen molar-refractivity contribution < 1.29 is 0 Å². The van der Waals surface area contributed by atoms with Crippen LogP contribution in [0.25, 0.3) is 0 Å². The lowest BCUT2D eigenvalue weighted by atomic mass is 9.96. The van der Waals surface area contributed by atoms with Gasteiger partial charge in [-0.15, -0.1) is 0 Å². The van der Waals surface area contributed by atoms with E-state index in [1.54, 1.807) is 6.07 Å². The fourth-order valence-corrected chi connectivity index (χ4v) is 2.46. The maximum atomic E-state index is 7.50. The van der Waals surface area contributed by atoms with Crippen LogP contribution in [0.5, 0.6) is 0 Å². The van der Waals surface area contributed by atoms with Crippen molar-refractivity contribution in [3.05, 3.63) is 27.8 Å². The van der Waals surface area contributed by atoms with Gasteiger partial charge >= 0.3 is 0 Å². The molecular weight excluding hydrogens is 234 g/mol. The summed E-state index contributed by atoms with van der Waals surface area (Å²) in [4.78, 5) is 0. The quantitative estimate of drug-likeness (QED) is 0.429. The van der Waals surface area contributed by atoms with Gasteiger partial charge in [0.25, 0.3) is 0 Å². The minimum atomic E-state index is 0.0172. The summed E-state index contributed by atoms with van der Waals surface area (Å²) in [5, 5.41) is 8.21. The molecular formula is C13H20ClN3. The van der Waals surface area contributed by atoms with E-state index < -0.39 is 0 Å². The molecule has 2 rings (SSSR count). The Morgan fingerprint density at radius 1 is 1.41 bits per heavy atom. The van der Waals surface area contributed by atoms with E-state index in [4.69, 9.17) is 28.5 Å². The SMILES string of the molecule is CC.Cc1c(C(=N)N)c(N)cc(Cl)c1C1CC1. The van der Waals surface area contributed by atoms with Crippen LogP contribution in [-0.4, -0.2) is 5.84 Å². The fraction of sp³-hybridized carbons (Fsp3) is 0.462. The van der Waals surface area contributed by atoms with E-state index in [-0.39, 0.29) is 5.84 Å². The summed E-state index contributed by atoms with van der Waals surface area (Å²) in [5.41, 5.74) is 14.5. The molecule has 5 N–H and O–H groups in total. The van der Waals surface area contributed by atoms with E-state index in [1.165, 1.54) is 12.8 Å². The van der Waals surface area contributed by atoms with Crippen molar-refractivity contribution in [1.82, 2.24) is 0 Å². The zero-order chi connectivity index (χ0) is 13.2. The number of benzene rings is 1. The normalized spacial score (nSPS) is 13.9. The molecule has 0 radical (unpaired) electrons. The van der Waals surface area contributed by atoms with E-state index in [9.17, 15) is 0 Å². The number of amidine groups is 1. The van der Waals surface area contributed by atoms with Crippen molar-refractivity contribution in [3.8, 4) is 0 Å². The van der Waals surface area contributed by atoms with E-state index in [0.29, 0.717) is 22.2 Å². The first kappa shape index (κ1) is 13.8. The van der Waals surface area contributed by atoms with Crippen molar-refractivity contribution in [1.29, 1.82) is 5.41 Å². The number of halogens is 1. The molecule has 1 aliphatic rings. The summed E-state index contributed by atoms with van der Waals surface area (Å²) in [6, 6.07) is 1.71. The lowest BCUT2D eigenvalue weighted by molar-refractivity contribution is 1.09. The Balaban J connectivity index is 0.000000686. The van der Waals surface area contributed by atoms with Gasteiger partial charge in [-0.3, -0.25) is 5.41 Å². The Morgan fingerprint density at radius 2 is 1.94 bits per heavy atom. The molecule has 0 amide bonds. The molecule has 0 spiro atoms. The van der Waals surface area contributed by atoms with Crippen LogP contribution in [-0.2, 0) is 0 Å². The first-order chi connectivity index (χ1) is 8.02. The molecule has 4 heteroatoms. The standard InChI is InChI=1S/C11H14ClN3.C2H6/c1-5-9(6-2-3-6)7(12)4-8(13)10(5)11(14)15;1-2/h4,6H,2-3,13H2,1H3,(H3,14,15);1-2H3.